The summed E-state index contributed by atoms with van der Waals surface area (Å²) < 4.78 is 2.77. The molecule has 7 heteroatoms. The highest BCUT2D eigenvalue weighted by Crippen LogP contribution is 2.31. The minimum Gasteiger partial charge on any atom is -0.309 e. The minimum absolute atomic E-state index is 0.0959. The summed E-state index contributed by atoms with van der Waals surface area (Å²) in [5, 5.41) is 5.03. The normalized spacial score (nSPS) is 11.4. The molecule has 0 unspecified atom stereocenters. The van der Waals surface area contributed by atoms with Gasteiger partial charge in [0.2, 0.25) is 0 Å². The van der Waals surface area contributed by atoms with Crippen molar-refractivity contribution < 1.29 is 4.79 Å². The quantitative estimate of drug-likeness (QED) is 0.640. The summed E-state index contributed by atoms with van der Waals surface area (Å²) in [5.74, 6) is -0.0959. The predicted octanol–water partition coefficient (Wildman–Crippen LogP) is 3.19. The van der Waals surface area contributed by atoms with Crippen molar-refractivity contribution in [3.05, 3.63) is 41.7 Å². The third-order valence-electron chi connectivity index (χ3n) is 4.27. The Morgan fingerprint density at radius 1 is 1.23 bits per heavy atom. The van der Waals surface area contributed by atoms with Crippen LogP contribution in [-0.4, -0.2) is 52.8 Å². The maximum atomic E-state index is 13.1. The van der Waals surface area contributed by atoms with Gasteiger partial charge in [0, 0.05) is 19.8 Å². The highest BCUT2D eigenvalue weighted by Gasteiger charge is 2.23. The topological polar surface area (TPSA) is 54.3 Å². The van der Waals surface area contributed by atoms with Crippen molar-refractivity contribution in [1.82, 2.24) is 19.7 Å². The fraction of sp³-hybridized carbons (Fsp3) is 0.421. The number of para-hydroxylation sites is 1. The number of amides is 1. The maximum Gasteiger partial charge on any atom is 0.280 e. The minimum atomic E-state index is -0.0959. The van der Waals surface area contributed by atoms with Gasteiger partial charge in [0.15, 0.2) is 10.8 Å². The van der Waals surface area contributed by atoms with Crippen molar-refractivity contribution in [3.8, 4) is 0 Å². The van der Waals surface area contributed by atoms with Gasteiger partial charge in [-0.15, -0.1) is 0 Å². The lowest BCUT2D eigenvalue weighted by molar-refractivity contribution is 0.0980. The van der Waals surface area contributed by atoms with Crippen molar-refractivity contribution in [2.24, 2.45) is 7.05 Å². The lowest BCUT2D eigenvalue weighted by atomic mass is 10.1. The summed E-state index contributed by atoms with van der Waals surface area (Å²) in [7, 11) is 5.89. The molecule has 1 amide bonds. The van der Waals surface area contributed by atoms with Crippen LogP contribution in [0.2, 0.25) is 0 Å². The zero-order valence-electron chi connectivity index (χ0n) is 15.8. The van der Waals surface area contributed by atoms with E-state index in [1.807, 2.05) is 21.1 Å². The molecule has 6 nitrogen and oxygen atoms in total. The number of benzene rings is 1. The fourth-order valence-electron chi connectivity index (χ4n) is 2.89. The molecule has 0 aliphatic rings. The Hall–Kier alpha value is -2.25. The van der Waals surface area contributed by atoms with Gasteiger partial charge in [-0.2, -0.15) is 5.10 Å². The molecule has 0 fully saturated rings. The first-order valence-corrected chi connectivity index (χ1v) is 9.66. The summed E-state index contributed by atoms with van der Waals surface area (Å²) in [6.45, 7) is 3.66. The van der Waals surface area contributed by atoms with Crippen LogP contribution in [0.15, 0.2) is 30.5 Å². The molecule has 0 N–H and O–H groups in total. The summed E-state index contributed by atoms with van der Waals surface area (Å²) in [4.78, 5) is 21.8. The molecule has 0 spiro atoms. The molecule has 0 aliphatic carbocycles. The first kappa shape index (κ1) is 18.5. The van der Waals surface area contributed by atoms with E-state index in [9.17, 15) is 4.79 Å². The number of carbonyl (C=O) groups excluding carboxylic acids is 1. The number of fused-ring (bicyclic) bond motifs is 1. The molecule has 3 aromatic rings. The van der Waals surface area contributed by atoms with Gasteiger partial charge in [0.1, 0.15) is 0 Å². The van der Waals surface area contributed by atoms with E-state index in [0.717, 1.165) is 34.7 Å². The van der Waals surface area contributed by atoms with Crippen LogP contribution in [0.5, 0.6) is 0 Å². The van der Waals surface area contributed by atoms with Crippen LogP contribution < -0.4 is 4.90 Å². The van der Waals surface area contributed by atoms with E-state index in [4.69, 9.17) is 4.98 Å². The van der Waals surface area contributed by atoms with Crippen molar-refractivity contribution in [2.45, 2.75) is 19.8 Å². The molecule has 1 aromatic carbocycles. The number of hydrogen-bond donors (Lipinski definition) is 0. The van der Waals surface area contributed by atoms with E-state index in [1.165, 1.54) is 5.56 Å². The van der Waals surface area contributed by atoms with E-state index in [-0.39, 0.29) is 5.91 Å². The van der Waals surface area contributed by atoms with E-state index in [2.05, 4.69) is 35.1 Å². The van der Waals surface area contributed by atoms with Crippen molar-refractivity contribution >= 4 is 32.6 Å². The van der Waals surface area contributed by atoms with Gasteiger partial charge in [-0.05, 0) is 51.2 Å². The molecule has 0 radical (unpaired) electrons. The summed E-state index contributed by atoms with van der Waals surface area (Å²) >= 11 is 1.57. The number of anilines is 1. The average Bonchev–Trinajstić information content (AvgIpc) is 3.23. The van der Waals surface area contributed by atoms with Crippen LogP contribution in [0, 0.1) is 0 Å². The predicted molar refractivity (Wildman–Crippen MR) is 107 cm³/mol. The number of thiazole rings is 1. The Balaban J connectivity index is 1.95. The number of nitrogens with zero attached hydrogens (tertiary/aromatic N) is 5. The Morgan fingerprint density at radius 3 is 2.69 bits per heavy atom. The second kappa shape index (κ2) is 7.97. The zero-order valence-corrected chi connectivity index (χ0v) is 16.6. The molecule has 26 heavy (non-hydrogen) atoms. The monoisotopic (exact) mass is 371 g/mol. The number of rotatable bonds is 7. The van der Waals surface area contributed by atoms with Crippen LogP contribution in [0.4, 0.5) is 5.13 Å². The summed E-state index contributed by atoms with van der Waals surface area (Å²) in [6, 6.07) is 7.98. The summed E-state index contributed by atoms with van der Waals surface area (Å²) in [5.41, 5.74) is 2.66. The van der Waals surface area contributed by atoms with E-state index < -0.39 is 0 Å². The molecular weight excluding hydrogens is 346 g/mol. The van der Waals surface area contributed by atoms with Crippen LogP contribution >= 0.6 is 11.3 Å². The van der Waals surface area contributed by atoms with Crippen LogP contribution in [-0.2, 0) is 13.5 Å². The van der Waals surface area contributed by atoms with Crippen molar-refractivity contribution in [3.63, 3.8) is 0 Å². The lowest BCUT2D eigenvalue weighted by Gasteiger charge is -2.20. The standard InChI is InChI=1S/C19H25N5OS/c1-5-14-8-6-9-16-17(14)20-19(26-16)24(12-7-11-22(2)3)18(25)15-10-13-23(4)21-15/h6,8-10,13H,5,7,11-12H2,1-4H3. The molecule has 2 heterocycles. The molecule has 0 saturated carbocycles. The smallest absolute Gasteiger partial charge is 0.280 e. The van der Waals surface area contributed by atoms with Gasteiger partial charge >= 0.3 is 0 Å². The van der Waals surface area contributed by atoms with Crippen LogP contribution in [0.1, 0.15) is 29.4 Å². The van der Waals surface area contributed by atoms with Crippen molar-refractivity contribution in [2.75, 3.05) is 32.1 Å². The molecule has 2 aromatic heterocycles. The lowest BCUT2D eigenvalue weighted by Crippen LogP contribution is -2.33. The molecule has 3 rings (SSSR count). The van der Waals surface area contributed by atoms with Gasteiger partial charge < -0.3 is 4.90 Å². The number of carbonyl (C=O) groups is 1. The number of aromatic nitrogens is 3. The number of aryl methyl sites for hydroxylation is 2. The maximum absolute atomic E-state index is 13.1. The molecule has 138 valence electrons. The van der Waals surface area contributed by atoms with E-state index >= 15 is 0 Å². The first-order valence-electron chi connectivity index (χ1n) is 8.84. The molecular formula is C19H25N5OS. The summed E-state index contributed by atoms with van der Waals surface area (Å²) in [6.07, 6.45) is 3.59. The highest BCUT2D eigenvalue weighted by molar-refractivity contribution is 7.22. The van der Waals surface area contributed by atoms with Gasteiger partial charge in [0.05, 0.1) is 10.2 Å². The Labute approximate surface area is 158 Å². The van der Waals surface area contributed by atoms with Gasteiger partial charge in [-0.1, -0.05) is 30.4 Å². The third kappa shape index (κ3) is 3.94. The highest BCUT2D eigenvalue weighted by atomic mass is 32.1. The fourth-order valence-corrected chi connectivity index (χ4v) is 3.93. The van der Waals surface area contributed by atoms with Gasteiger partial charge in [-0.3, -0.25) is 14.4 Å². The number of hydrogen-bond acceptors (Lipinski definition) is 5. The van der Waals surface area contributed by atoms with Crippen LogP contribution in [0.3, 0.4) is 0 Å². The van der Waals surface area contributed by atoms with Crippen molar-refractivity contribution in [1.29, 1.82) is 0 Å². The van der Waals surface area contributed by atoms with Gasteiger partial charge in [0.25, 0.3) is 5.91 Å². The average molecular weight is 372 g/mol. The largest absolute Gasteiger partial charge is 0.309 e. The third-order valence-corrected chi connectivity index (χ3v) is 5.31. The molecule has 0 bridgehead atoms. The van der Waals surface area contributed by atoms with E-state index in [1.54, 1.807) is 33.2 Å². The molecule has 0 saturated heterocycles. The molecule has 0 aliphatic heterocycles. The zero-order chi connectivity index (χ0) is 18.7. The van der Waals surface area contributed by atoms with Gasteiger partial charge in [-0.25, -0.2) is 4.98 Å². The SMILES string of the molecule is CCc1cccc2sc(N(CCCN(C)C)C(=O)c3ccn(C)n3)nc12. The molecule has 0 atom stereocenters. The Bertz CT molecular complexity index is 898. The Morgan fingerprint density at radius 2 is 2.04 bits per heavy atom. The van der Waals surface area contributed by atoms with Crippen LogP contribution in [0.25, 0.3) is 10.2 Å². The Kier molecular flexibility index (Phi) is 5.68. The first-order chi connectivity index (χ1) is 12.5. The van der Waals surface area contributed by atoms with E-state index in [0.29, 0.717) is 12.2 Å². The second-order valence-corrected chi connectivity index (χ2v) is 7.61. The second-order valence-electron chi connectivity index (χ2n) is 6.60.